The van der Waals surface area contributed by atoms with Crippen LogP contribution in [0.4, 0.5) is 0 Å². The molecule has 0 fully saturated rings. The summed E-state index contributed by atoms with van der Waals surface area (Å²) in [5, 5.41) is 0.568. The Labute approximate surface area is 240 Å². The average Bonchev–Trinajstić information content (AvgIpc) is 3.53. The van der Waals surface area contributed by atoms with Crippen molar-refractivity contribution in [2.45, 2.75) is 33.7 Å². The van der Waals surface area contributed by atoms with Gasteiger partial charge >= 0.3 is 0 Å². The Morgan fingerprint density at radius 2 is 1.73 bits per heavy atom. The van der Waals surface area contributed by atoms with Gasteiger partial charge in [0.2, 0.25) is 0 Å². The summed E-state index contributed by atoms with van der Waals surface area (Å²) in [5.41, 5.74) is 3.02. The molecule has 9 heteroatoms. The van der Waals surface area contributed by atoms with E-state index in [1.54, 1.807) is 45.9 Å². The third-order valence-corrected chi connectivity index (χ3v) is 8.20. The van der Waals surface area contributed by atoms with Crippen LogP contribution < -0.4 is 14.9 Å². The molecule has 0 saturated carbocycles. The molecule has 0 radical (unpaired) electrons. The molecule has 0 aliphatic carbocycles. The number of thiazole rings is 1. The second-order valence-electron chi connectivity index (χ2n) is 9.45. The van der Waals surface area contributed by atoms with E-state index < -0.39 is 6.04 Å². The van der Waals surface area contributed by atoms with Gasteiger partial charge < -0.3 is 9.32 Å². The first-order chi connectivity index (χ1) is 19.2. The van der Waals surface area contributed by atoms with Crippen LogP contribution in [0, 0.1) is 0 Å². The van der Waals surface area contributed by atoms with Gasteiger partial charge in [-0.05, 0) is 57.5 Å². The highest BCUT2D eigenvalue weighted by molar-refractivity contribution is 7.07. The average molecular weight is 574 g/mol. The smallest absolute Gasteiger partial charge is 0.271 e. The molecule has 1 aliphatic rings. The maximum absolute atomic E-state index is 13.9. The van der Waals surface area contributed by atoms with Crippen molar-refractivity contribution in [1.29, 1.82) is 0 Å². The van der Waals surface area contributed by atoms with E-state index >= 15 is 0 Å². The Balaban J connectivity index is 1.60. The van der Waals surface area contributed by atoms with E-state index in [1.165, 1.54) is 18.3 Å². The zero-order valence-corrected chi connectivity index (χ0v) is 24.2. The molecule has 40 heavy (non-hydrogen) atoms. The van der Waals surface area contributed by atoms with Gasteiger partial charge in [0.25, 0.3) is 11.5 Å². The summed E-state index contributed by atoms with van der Waals surface area (Å²) in [7, 11) is 0. The van der Waals surface area contributed by atoms with E-state index in [2.05, 4.69) is 0 Å². The Morgan fingerprint density at radius 1 is 1.05 bits per heavy atom. The molecule has 3 heterocycles. The molecule has 0 bridgehead atoms. The van der Waals surface area contributed by atoms with Crippen LogP contribution in [0.25, 0.3) is 17.4 Å². The Kier molecular flexibility index (Phi) is 7.74. The highest BCUT2D eigenvalue weighted by atomic mass is 35.5. The van der Waals surface area contributed by atoms with Crippen LogP contribution in [-0.4, -0.2) is 34.2 Å². The molecule has 1 atom stereocenters. The number of furan rings is 1. The van der Waals surface area contributed by atoms with Gasteiger partial charge in [-0.3, -0.25) is 19.0 Å². The second kappa shape index (κ2) is 11.2. The van der Waals surface area contributed by atoms with Crippen molar-refractivity contribution in [1.82, 2.24) is 9.47 Å². The maximum atomic E-state index is 13.9. The van der Waals surface area contributed by atoms with Crippen LogP contribution >= 0.6 is 22.9 Å². The minimum absolute atomic E-state index is 0.00356. The lowest BCUT2D eigenvalue weighted by Gasteiger charge is -2.29. The zero-order valence-electron chi connectivity index (χ0n) is 22.6. The van der Waals surface area contributed by atoms with E-state index in [0.717, 1.165) is 11.1 Å². The van der Waals surface area contributed by atoms with Crippen LogP contribution in [-0.2, 0) is 4.79 Å². The van der Waals surface area contributed by atoms with Crippen molar-refractivity contribution in [3.05, 3.63) is 114 Å². The predicted molar refractivity (Wildman–Crippen MR) is 157 cm³/mol. The molecule has 5 rings (SSSR count). The molecule has 0 unspecified atom stereocenters. The second-order valence-corrected chi connectivity index (χ2v) is 10.9. The van der Waals surface area contributed by atoms with Crippen LogP contribution in [0.1, 0.15) is 55.4 Å². The van der Waals surface area contributed by atoms with Crippen molar-refractivity contribution in [3.63, 3.8) is 0 Å². The van der Waals surface area contributed by atoms with Crippen molar-refractivity contribution >= 4 is 40.7 Å². The number of Topliss-reactive ketones (excluding diaryl/α,β-unsaturated/α-hetero) is 1. The molecule has 1 amide bonds. The predicted octanol–water partition coefficient (Wildman–Crippen LogP) is 5.22. The van der Waals surface area contributed by atoms with Gasteiger partial charge in [-0.2, -0.15) is 0 Å². The van der Waals surface area contributed by atoms with Crippen LogP contribution in [0.5, 0.6) is 0 Å². The molecular weight excluding hydrogens is 546 g/mol. The molecule has 2 aromatic heterocycles. The highest BCUT2D eigenvalue weighted by Crippen LogP contribution is 2.32. The van der Waals surface area contributed by atoms with Crippen molar-refractivity contribution in [3.8, 4) is 11.3 Å². The Bertz CT molecular complexity index is 1810. The standard InChI is InChI=1S/C31H28ClN3O4S/c1-5-34(6-2)30(38)27-18(3)33-31-35(28(27)22-11-13-23(32)14-12-22)29(37)26(40-31)17-24-15-16-25(39-24)21-9-7-20(8-10-21)19(4)36/h7-17,28H,5-6H2,1-4H3/b26-17+/t28-/m1/s1. The number of likely N-dealkylation sites (N-methyl/N-ethyl adjacent to an activating group) is 1. The number of benzene rings is 2. The zero-order chi connectivity index (χ0) is 28.6. The number of carbonyl (C=O) groups excluding carboxylic acids is 2. The molecule has 7 nitrogen and oxygen atoms in total. The third-order valence-electron chi connectivity index (χ3n) is 6.96. The highest BCUT2D eigenvalue weighted by Gasteiger charge is 2.34. The van der Waals surface area contributed by atoms with Gasteiger partial charge in [0.1, 0.15) is 11.5 Å². The molecular formula is C31H28ClN3O4S. The first-order valence-electron chi connectivity index (χ1n) is 13.0. The van der Waals surface area contributed by atoms with E-state index in [-0.39, 0.29) is 17.2 Å². The summed E-state index contributed by atoms with van der Waals surface area (Å²) < 4.78 is 8.06. The Morgan fingerprint density at radius 3 is 2.35 bits per heavy atom. The normalized spacial score (nSPS) is 15.1. The van der Waals surface area contributed by atoms with E-state index in [4.69, 9.17) is 21.0 Å². The lowest BCUT2D eigenvalue weighted by Crippen LogP contribution is -2.43. The minimum atomic E-state index is -0.643. The number of aromatic nitrogens is 1. The topological polar surface area (TPSA) is 84.9 Å². The van der Waals surface area contributed by atoms with E-state index in [1.807, 2.05) is 51.1 Å². The summed E-state index contributed by atoms with van der Waals surface area (Å²) >= 11 is 7.42. The van der Waals surface area contributed by atoms with Crippen molar-refractivity contribution in [2.75, 3.05) is 13.1 Å². The third kappa shape index (κ3) is 5.12. The first kappa shape index (κ1) is 27.6. The van der Waals surface area contributed by atoms with E-state index in [0.29, 0.717) is 55.8 Å². The molecule has 0 spiro atoms. The van der Waals surface area contributed by atoms with Gasteiger partial charge in [-0.1, -0.05) is 59.3 Å². The monoisotopic (exact) mass is 573 g/mol. The number of ketones is 1. The number of hydrogen-bond acceptors (Lipinski definition) is 6. The summed E-state index contributed by atoms with van der Waals surface area (Å²) in [5.74, 6) is 0.980. The largest absolute Gasteiger partial charge is 0.457 e. The molecule has 2 aromatic carbocycles. The number of amides is 1. The number of carbonyl (C=O) groups is 2. The van der Waals surface area contributed by atoms with Gasteiger partial charge in [0, 0.05) is 35.3 Å². The number of allylic oxidation sites excluding steroid dienone is 1. The van der Waals surface area contributed by atoms with Crippen LogP contribution in [0.15, 0.2) is 86.1 Å². The van der Waals surface area contributed by atoms with Gasteiger partial charge in [-0.15, -0.1) is 0 Å². The molecule has 0 saturated heterocycles. The maximum Gasteiger partial charge on any atom is 0.271 e. The molecule has 204 valence electrons. The molecule has 0 N–H and O–H groups in total. The fourth-order valence-corrected chi connectivity index (χ4v) is 5.97. The van der Waals surface area contributed by atoms with Gasteiger partial charge in [-0.25, -0.2) is 4.99 Å². The number of rotatable bonds is 7. The quantitative estimate of drug-likeness (QED) is 0.284. The lowest BCUT2D eigenvalue weighted by atomic mass is 9.94. The number of nitrogens with zero attached hydrogens (tertiary/aromatic N) is 3. The number of halogens is 1. The SMILES string of the molecule is CCN(CC)C(=O)C1=C(C)N=c2s/c(=C/c3ccc(-c4ccc(C(C)=O)cc4)o3)c(=O)n2[C@@H]1c1ccc(Cl)cc1. The summed E-state index contributed by atoms with van der Waals surface area (Å²) in [4.78, 5) is 46.1. The summed E-state index contributed by atoms with van der Waals surface area (Å²) in [6.45, 7) is 8.28. The minimum Gasteiger partial charge on any atom is -0.457 e. The van der Waals surface area contributed by atoms with Crippen LogP contribution in [0.3, 0.4) is 0 Å². The summed E-state index contributed by atoms with van der Waals surface area (Å²) in [6, 6.07) is 17.4. The van der Waals surface area contributed by atoms with Crippen LogP contribution in [0.2, 0.25) is 5.02 Å². The number of hydrogen-bond donors (Lipinski definition) is 0. The fourth-order valence-electron chi connectivity index (χ4n) is 4.82. The fraction of sp³-hybridized carbons (Fsp3) is 0.226. The molecule has 1 aliphatic heterocycles. The lowest BCUT2D eigenvalue weighted by molar-refractivity contribution is -0.127. The van der Waals surface area contributed by atoms with Crippen molar-refractivity contribution < 1.29 is 14.0 Å². The first-order valence-corrected chi connectivity index (χ1v) is 14.2. The van der Waals surface area contributed by atoms with Crippen molar-refractivity contribution in [2.24, 2.45) is 4.99 Å². The van der Waals surface area contributed by atoms with Gasteiger partial charge in [0.15, 0.2) is 10.6 Å². The molecule has 4 aromatic rings. The number of fused-ring (bicyclic) bond motifs is 1. The Hall–Kier alpha value is -4.01. The van der Waals surface area contributed by atoms with Gasteiger partial charge in [0.05, 0.1) is 21.8 Å². The summed E-state index contributed by atoms with van der Waals surface area (Å²) in [6.07, 6.45) is 1.70. The van der Waals surface area contributed by atoms with E-state index in [9.17, 15) is 14.4 Å².